The van der Waals surface area contributed by atoms with Crippen molar-refractivity contribution in [1.29, 1.82) is 0 Å². The Balaban J connectivity index is 1.99. The summed E-state index contributed by atoms with van der Waals surface area (Å²) in [6.07, 6.45) is 0. The van der Waals surface area contributed by atoms with Crippen LogP contribution in [0.15, 0.2) is 54.6 Å². The molecule has 2 rings (SSSR count). The van der Waals surface area contributed by atoms with Gasteiger partial charge in [0.1, 0.15) is 0 Å². The minimum atomic E-state index is -0.0796. The van der Waals surface area contributed by atoms with Crippen LogP contribution in [0.2, 0.25) is 0 Å². The van der Waals surface area contributed by atoms with Crippen LogP contribution in [0.4, 0.5) is 0 Å². The highest BCUT2D eigenvalue weighted by atomic mass is 16.1. The average Bonchev–Trinajstić information content (AvgIpc) is 2.52. The highest BCUT2D eigenvalue weighted by Gasteiger charge is 2.03. The molecule has 0 aliphatic rings. The minimum absolute atomic E-state index is 0.0796. The molecular formula is C17H16N2O. The zero-order valence-corrected chi connectivity index (χ0v) is 11.1. The van der Waals surface area contributed by atoms with E-state index in [1.807, 2.05) is 42.5 Å². The van der Waals surface area contributed by atoms with Gasteiger partial charge in [0.2, 0.25) is 0 Å². The monoisotopic (exact) mass is 264 g/mol. The number of rotatable bonds is 3. The van der Waals surface area contributed by atoms with Gasteiger partial charge >= 0.3 is 0 Å². The molecule has 0 unspecified atom stereocenters. The van der Waals surface area contributed by atoms with Crippen LogP contribution in [-0.4, -0.2) is 12.5 Å². The number of nitrogens with one attached hydrogen (secondary N) is 1. The summed E-state index contributed by atoms with van der Waals surface area (Å²) in [4.78, 5) is 11.9. The van der Waals surface area contributed by atoms with Crippen molar-refractivity contribution >= 4 is 5.91 Å². The first-order chi connectivity index (χ1) is 9.79. The molecule has 3 heteroatoms. The van der Waals surface area contributed by atoms with Crippen molar-refractivity contribution in [3.05, 3.63) is 71.3 Å². The number of carbonyl (C=O) groups is 1. The molecule has 0 spiro atoms. The molecule has 3 nitrogen and oxygen atoms in total. The summed E-state index contributed by atoms with van der Waals surface area (Å²) in [5.74, 6) is 5.71. The molecule has 0 bridgehead atoms. The molecule has 1 amide bonds. The molecule has 0 aromatic heterocycles. The van der Waals surface area contributed by atoms with Crippen LogP contribution in [0.1, 0.15) is 21.5 Å². The van der Waals surface area contributed by atoms with Crippen LogP contribution in [0.3, 0.4) is 0 Å². The van der Waals surface area contributed by atoms with Gasteiger partial charge in [-0.3, -0.25) is 4.79 Å². The third-order valence-electron chi connectivity index (χ3n) is 2.75. The van der Waals surface area contributed by atoms with Crippen LogP contribution in [0, 0.1) is 11.8 Å². The maximum absolute atomic E-state index is 11.9. The lowest BCUT2D eigenvalue weighted by Crippen LogP contribution is -2.22. The second kappa shape index (κ2) is 7.13. The number of amides is 1. The molecule has 0 saturated carbocycles. The minimum Gasteiger partial charge on any atom is -0.348 e. The van der Waals surface area contributed by atoms with E-state index in [2.05, 4.69) is 17.2 Å². The van der Waals surface area contributed by atoms with Crippen LogP contribution >= 0.6 is 0 Å². The average molecular weight is 264 g/mol. The summed E-state index contributed by atoms with van der Waals surface area (Å²) in [5, 5.41) is 2.89. The van der Waals surface area contributed by atoms with Crippen LogP contribution in [0.5, 0.6) is 0 Å². The molecule has 0 aliphatic carbocycles. The highest BCUT2D eigenvalue weighted by Crippen LogP contribution is 2.05. The third kappa shape index (κ3) is 3.98. The van der Waals surface area contributed by atoms with Crippen LogP contribution < -0.4 is 11.1 Å². The van der Waals surface area contributed by atoms with Crippen molar-refractivity contribution in [3.8, 4) is 11.8 Å². The lowest BCUT2D eigenvalue weighted by molar-refractivity contribution is 0.0951. The second-order valence-electron chi connectivity index (χ2n) is 4.25. The third-order valence-corrected chi connectivity index (χ3v) is 2.75. The first-order valence-corrected chi connectivity index (χ1v) is 6.41. The van der Waals surface area contributed by atoms with E-state index in [-0.39, 0.29) is 5.91 Å². The Kier molecular flexibility index (Phi) is 4.94. The van der Waals surface area contributed by atoms with E-state index in [1.165, 1.54) is 0 Å². The van der Waals surface area contributed by atoms with Gasteiger partial charge in [-0.2, -0.15) is 0 Å². The van der Waals surface area contributed by atoms with Gasteiger partial charge in [0.05, 0.1) is 6.54 Å². The van der Waals surface area contributed by atoms with Crippen LogP contribution in [-0.2, 0) is 6.54 Å². The Hall–Kier alpha value is -2.57. The highest BCUT2D eigenvalue weighted by molar-refractivity contribution is 5.94. The van der Waals surface area contributed by atoms with Gasteiger partial charge in [-0.05, 0) is 29.8 Å². The summed E-state index contributed by atoms with van der Waals surface area (Å²) in [5.41, 5.74) is 7.92. The van der Waals surface area contributed by atoms with Gasteiger partial charge in [-0.25, -0.2) is 0 Å². The van der Waals surface area contributed by atoms with Crippen molar-refractivity contribution in [2.75, 3.05) is 6.54 Å². The van der Waals surface area contributed by atoms with Crippen molar-refractivity contribution in [3.63, 3.8) is 0 Å². The van der Waals surface area contributed by atoms with Crippen molar-refractivity contribution in [1.82, 2.24) is 5.32 Å². The SMILES string of the molecule is NCC#Cc1cccc(CNC(=O)c2ccccc2)c1. The predicted molar refractivity (Wildman–Crippen MR) is 80.0 cm³/mol. The number of benzene rings is 2. The molecule has 0 saturated heterocycles. The number of hydrogen-bond donors (Lipinski definition) is 2. The Morgan fingerprint density at radius 2 is 1.90 bits per heavy atom. The topological polar surface area (TPSA) is 55.1 Å². The molecule has 0 heterocycles. The van der Waals surface area contributed by atoms with E-state index >= 15 is 0 Å². The van der Waals surface area contributed by atoms with E-state index in [1.54, 1.807) is 12.1 Å². The summed E-state index contributed by atoms with van der Waals surface area (Å²) in [6.45, 7) is 0.820. The maximum Gasteiger partial charge on any atom is 0.251 e. The van der Waals surface area contributed by atoms with Gasteiger partial charge in [0.25, 0.3) is 5.91 Å². The van der Waals surface area contributed by atoms with E-state index < -0.39 is 0 Å². The standard InChI is InChI=1S/C17H16N2O/c18-11-5-8-14-6-4-7-15(12-14)13-19-17(20)16-9-2-1-3-10-16/h1-4,6-7,9-10,12H,11,13,18H2,(H,19,20). The van der Waals surface area contributed by atoms with Gasteiger partial charge in [-0.1, -0.05) is 42.2 Å². The van der Waals surface area contributed by atoms with Gasteiger partial charge in [0, 0.05) is 17.7 Å². The van der Waals surface area contributed by atoms with Gasteiger partial charge in [0.15, 0.2) is 0 Å². The Labute approximate surface area is 118 Å². The number of hydrogen-bond acceptors (Lipinski definition) is 2. The zero-order valence-electron chi connectivity index (χ0n) is 11.1. The van der Waals surface area contributed by atoms with Gasteiger partial charge in [-0.15, -0.1) is 0 Å². The van der Waals surface area contributed by atoms with E-state index in [0.29, 0.717) is 18.7 Å². The molecule has 0 fully saturated rings. The Morgan fingerprint density at radius 3 is 2.65 bits per heavy atom. The molecular weight excluding hydrogens is 248 g/mol. The normalized spacial score (nSPS) is 9.45. The zero-order chi connectivity index (χ0) is 14.2. The molecule has 3 N–H and O–H groups in total. The van der Waals surface area contributed by atoms with Crippen LogP contribution in [0.25, 0.3) is 0 Å². The van der Waals surface area contributed by atoms with Crippen molar-refractivity contribution in [2.45, 2.75) is 6.54 Å². The Morgan fingerprint density at radius 1 is 1.10 bits per heavy atom. The number of nitrogens with two attached hydrogens (primary N) is 1. The molecule has 2 aromatic rings. The first-order valence-electron chi connectivity index (χ1n) is 6.41. The largest absolute Gasteiger partial charge is 0.348 e. The molecule has 0 radical (unpaired) electrons. The summed E-state index contributed by atoms with van der Waals surface area (Å²) >= 11 is 0. The molecule has 0 aliphatic heterocycles. The first kappa shape index (κ1) is 13.9. The van der Waals surface area contributed by atoms with Gasteiger partial charge < -0.3 is 11.1 Å². The summed E-state index contributed by atoms with van der Waals surface area (Å²) in [6, 6.07) is 16.9. The lowest BCUT2D eigenvalue weighted by Gasteiger charge is -2.05. The quantitative estimate of drug-likeness (QED) is 0.832. The fourth-order valence-electron chi connectivity index (χ4n) is 1.79. The molecule has 0 atom stereocenters. The van der Waals surface area contributed by atoms with Crippen molar-refractivity contribution in [2.24, 2.45) is 5.73 Å². The van der Waals surface area contributed by atoms with E-state index in [9.17, 15) is 4.79 Å². The second-order valence-corrected chi connectivity index (χ2v) is 4.25. The summed E-state index contributed by atoms with van der Waals surface area (Å²) < 4.78 is 0. The number of carbonyl (C=O) groups excluding carboxylic acids is 1. The molecule has 20 heavy (non-hydrogen) atoms. The predicted octanol–water partition coefficient (Wildman–Crippen LogP) is 1.93. The smallest absolute Gasteiger partial charge is 0.251 e. The fourth-order valence-corrected chi connectivity index (χ4v) is 1.79. The molecule has 2 aromatic carbocycles. The Bertz CT molecular complexity index is 639. The van der Waals surface area contributed by atoms with E-state index in [0.717, 1.165) is 11.1 Å². The van der Waals surface area contributed by atoms with E-state index in [4.69, 9.17) is 5.73 Å². The molecule has 100 valence electrons. The fraction of sp³-hybridized carbons (Fsp3) is 0.118. The van der Waals surface area contributed by atoms with Crippen molar-refractivity contribution < 1.29 is 4.79 Å². The summed E-state index contributed by atoms with van der Waals surface area (Å²) in [7, 11) is 0. The maximum atomic E-state index is 11.9. The lowest BCUT2D eigenvalue weighted by atomic mass is 10.1.